The average Bonchev–Trinajstić information content (AvgIpc) is 2.18. The molecule has 0 saturated heterocycles. The van der Waals surface area contributed by atoms with Gasteiger partial charge in [0.05, 0.1) is 36.1 Å². The van der Waals surface area contributed by atoms with E-state index in [2.05, 4.69) is 6.07 Å². The lowest BCUT2D eigenvalue weighted by atomic mass is 9.90. The lowest BCUT2D eigenvalue weighted by Crippen LogP contribution is -2.01. The minimum absolute atomic E-state index is 0.180. The molecule has 0 radical (unpaired) electrons. The van der Waals surface area contributed by atoms with Gasteiger partial charge in [0, 0.05) is 0 Å². The van der Waals surface area contributed by atoms with Crippen LogP contribution < -0.4 is 0 Å². The van der Waals surface area contributed by atoms with Gasteiger partial charge in [-0.1, -0.05) is 12.2 Å². The maximum atomic E-state index is 8.70. The van der Waals surface area contributed by atoms with Crippen molar-refractivity contribution in [2.45, 2.75) is 12.8 Å². The molecule has 13 heavy (non-hydrogen) atoms. The highest BCUT2D eigenvalue weighted by molar-refractivity contribution is 5.46. The zero-order valence-electron chi connectivity index (χ0n) is 6.99. The van der Waals surface area contributed by atoms with E-state index in [1.165, 1.54) is 0 Å². The molecule has 0 aromatic carbocycles. The molecule has 0 fully saturated rings. The first kappa shape index (κ1) is 9.04. The predicted molar refractivity (Wildman–Crippen MR) is 45.7 cm³/mol. The van der Waals surface area contributed by atoms with Gasteiger partial charge in [0.2, 0.25) is 0 Å². The second kappa shape index (κ2) is 4.10. The molecule has 0 aliphatic heterocycles. The van der Waals surface area contributed by atoms with Crippen LogP contribution in [0.1, 0.15) is 12.8 Å². The zero-order chi connectivity index (χ0) is 9.68. The van der Waals surface area contributed by atoms with Crippen molar-refractivity contribution in [3.05, 3.63) is 23.3 Å². The monoisotopic (exact) mass is 169 g/mol. The third kappa shape index (κ3) is 1.95. The Morgan fingerprint density at radius 1 is 1.38 bits per heavy atom. The summed E-state index contributed by atoms with van der Waals surface area (Å²) >= 11 is 0. The molecule has 0 saturated carbocycles. The van der Waals surface area contributed by atoms with Crippen molar-refractivity contribution >= 4 is 0 Å². The molecule has 1 aliphatic rings. The average molecular weight is 169 g/mol. The molecule has 0 amide bonds. The Labute approximate surface area is 76.8 Å². The highest BCUT2D eigenvalue weighted by Crippen LogP contribution is 2.24. The maximum absolute atomic E-state index is 8.70. The number of nitrogens with zero attached hydrogens (tertiary/aromatic N) is 3. The second-order valence-corrected chi connectivity index (χ2v) is 2.73. The van der Waals surface area contributed by atoms with Gasteiger partial charge in [0.15, 0.2) is 0 Å². The van der Waals surface area contributed by atoms with E-state index < -0.39 is 0 Å². The van der Waals surface area contributed by atoms with Crippen LogP contribution in [-0.2, 0) is 0 Å². The van der Waals surface area contributed by atoms with Crippen molar-refractivity contribution in [2.75, 3.05) is 0 Å². The summed E-state index contributed by atoms with van der Waals surface area (Å²) < 4.78 is 0. The minimum atomic E-state index is -0.180. The van der Waals surface area contributed by atoms with Gasteiger partial charge < -0.3 is 0 Å². The van der Waals surface area contributed by atoms with Crippen LogP contribution in [0.3, 0.4) is 0 Å². The third-order valence-electron chi connectivity index (χ3n) is 1.88. The molecule has 3 nitrogen and oxygen atoms in total. The van der Waals surface area contributed by atoms with Gasteiger partial charge in [-0.3, -0.25) is 0 Å². The Hall–Kier alpha value is -2.05. The molecule has 1 atom stereocenters. The number of rotatable bonds is 1. The van der Waals surface area contributed by atoms with Gasteiger partial charge in [0.1, 0.15) is 0 Å². The first-order valence-electron chi connectivity index (χ1n) is 3.89. The Morgan fingerprint density at radius 3 is 2.69 bits per heavy atom. The van der Waals surface area contributed by atoms with Crippen LogP contribution in [0.2, 0.25) is 0 Å². The van der Waals surface area contributed by atoms with E-state index in [1.54, 1.807) is 12.2 Å². The van der Waals surface area contributed by atoms with Gasteiger partial charge in [-0.05, 0) is 12.0 Å². The smallest absolute Gasteiger partial charge is 0.0991 e. The molecule has 0 aromatic rings. The molecule has 1 rings (SSSR count). The largest absolute Gasteiger partial charge is 0.198 e. The highest BCUT2D eigenvalue weighted by atomic mass is 14.3. The van der Waals surface area contributed by atoms with Gasteiger partial charge in [-0.25, -0.2) is 0 Å². The summed E-state index contributed by atoms with van der Waals surface area (Å²) in [6.45, 7) is 0. The topological polar surface area (TPSA) is 71.4 Å². The Morgan fingerprint density at radius 2 is 2.15 bits per heavy atom. The fourth-order valence-corrected chi connectivity index (χ4v) is 1.22. The van der Waals surface area contributed by atoms with Crippen LogP contribution in [-0.4, -0.2) is 0 Å². The summed E-state index contributed by atoms with van der Waals surface area (Å²) in [5.41, 5.74) is 1.22. The standard InChI is InChI=1S/C10H7N3/c11-4-3-9-5-8(6-12)1-2-10(9)7-13/h2,5,8H,1,3H2. The molecule has 1 unspecified atom stereocenters. The number of nitriles is 3. The zero-order valence-corrected chi connectivity index (χ0v) is 6.99. The molecule has 1 aliphatic carbocycles. The third-order valence-corrected chi connectivity index (χ3v) is 1.88. The number of allylic oxidation sites excluding steroid dienone is 4. The quantitative estimate of drug-likeness (QED) is 0.601. The van der Waals surface area contributed by atoms with Crippen LogP contribution in [0.5, 0.6) is 0 Å². The van der Waals surface area contributed by atoms with E-state index in [1.807, 2.05) is 12.1 Å². The first-order chi connectivity index (χ1) is 6.31. The van der Waals surface area contributed by atoms with Crippen LogP contribution >= 0.6 is 0 Å². The SMILES string of the molecule is N#CCC1=CC(C#N)CC=C1C#N. The Bertz CT molecular complexity index is 382. The van der Waals surface area contributed by atoms with E-state index in [4.69, 9.17) is 15.8 Å². The fraction of sp³-hybridized carbons (Fsp3) is 0.300. The van der Waals surface area contributed by atoms with Crippen LogP contribution in [0.15, 0.2) is 23.3 Å². The molecule has 3 heteroatoms. The molecule has 0 aromatic heterocycles. The number of hydrogen-bond donors (Lipinski definition) is 0. The molecular weight excluding hydrogens is 162 g/mol. The fourth-order valence-electron chi connectivity index (χ4n) is 1.22. The molecule has 0 bridgehead atoms. The normalized spacial score (nSPS) is 20.2. The Kier molecular flexibility index (Phi) is 2.85. The lowest BCUT2D eigenvalue weighted by Gasteiger charge is -2.10. The van der Waals surface area contributed by atoms with Crippen molar-refractivity contribution in [3.63, 3.8) is 0 Å². The maximum Gasteiger partial charge on any atom is 0.0991 e. The van der Waals surface area contributed by atoms with Crippen molar-refractivity contribution in [2.24, 2.45) is 5.92 Å². The minimum Gasteiger partial charge on any atom is -0.198 e. The summed E-state index contributed by atoms with van der Waals surface area (Å²) in [5, 5.41) is 25.8. The van der Waals surface area contributed by atoms with E-state index in [-0.39, 0.29) is 12.3 Å². The van der Waals surface area contributed by atoms with E-state index in [9.17, 15) is 0 Å². The molecule has 62 valence electrons. The van der Waals surface area contributed by atoms with Gasteiger partial charge in [-0.15, -0.1) is 0 Å². The van der Waals surface area contributed by atoms with Crippen molar-refractivity contribution < 1.29 is 0 Å². The summed E-state index contributed by atoms with van der Waals surface area (Å²) in [7, 11) is 0. The lowest BCUT2D eigenvalue weighted by molar-refractivity contribution is 0.816. The van der Waals surface area contributed by atoms with E-state index in [0.29, 0.717) is 17.6 Å². The van der Waals surface area contributed by atoms with Crippen LogP contribution in [0.4, 0.5) is 0 Å². The molecule has 0 heterocycles. The van der Waals surface area contributed by atoms with Crippen LogP contribution in [0.25, 0.3) is 0 Å². The summed E-state index contributed by atoms with van der Waals surface area (Å²) in [6.07, 6.45) is 4.22. The van der Waals surface area contributed by atoms with Crippen LogP contribution in [0, 0.1) is 39.9 Å². The summed E-state index contributed by atoms with van der Waals surface area (Å²) in [4.78, 5) is 0. The Balaban J connectivity index is 2.92. The predicted octanol–water partition coefficient (Wildman–Crippen LogP) is 1.82. The molecular formula is C10H7N3. The second-order valence-electron chi connectivity index (χ2n) is 2.73. The van der Waals surface area contributed by atoms with Gasteiger partial charge in [0.25, 0.3) is 0 Å². The number of hydrogen-bond acceptors (Lipinski definition) is 3. The highest BCUT2D eigenvalue weighted by Gasteiger charge is 2.14. The van der Waals surface area contributed by atoms with Gasteiger partial charge >= 0.3 is 0 Å². The molecule has 0 N–H and O–H groups in total. The van der Waals surface area contributed by atoms with Crippen molar-refractivity contribution in [1.29, 1.82) is 15.8 Å². The van der Waals surface area contributed by atoms with Crippen molar-refractivity contribution in [3.8, 4) is 18.2 Å². The van der Waals surface area contributed by atoms with E-state index in [0.717, 1.165) is 0 Å². The summed E-state index contributed by atoms with van der Waals surface area (Å²) in [5.74, 6) is -0.180. The van der Waals surface area contributed by atoms with E-state index >= 15 is 0 Å². The first-order valence-corrected chi connectivity index (χ1v) is 3.89. The molecule has 0 spiro atoms. The van der Waals surface area contributed by atoms with Crippen molar-refractivity contribution in [1.82, 2.24) is 0 Å². The summed E-state index contributed by atoms with van der Waals surface area (Å²) in [6, 6.07) is 6.09. The van der Waals surface area contributed by atoms with Gasteiger partial charge in [-0.2, -0.15) is 15.8 Å².